The highest BCUT2D eigenvalue weighted by molar-refractivity contribution is 5.59. The Morgan fingerprint density at radius 3 is 2.41 bits per heavy atom. The first-order valence-corrected chi connectivity index (χ1v) is 5.35. The molecule has 1 unspecified atom stereocenters. The molecule has 0 fully saturated rings. The fraction of sp³-hybridized carbons (Fsp3) is 0.231. The van der Waals surface area contributed by atoms with Crippen LogP contribution in [0.4, 0.5) is 8.78 Å². The second kappa shape index (κ2) is 4.67. The molecule has 2 aromatic rings. The molecule has 0 aliphatic heterocycles. The van der Waals surface area contributed by atoms with E-state index in [1.165, 1.54) is 18.2 Å². The van der Waals surface area contributed by atoms with Gasteiger partial charge in [-0.2, -0.15) is 0 Å². The van der Waals surface area contributed by atoms with Crippen LogP contribution in [0.5, 0.6) is 0 Å². The Hall–Kier alpha value is -1.68. The third kappa shape index (κ3) is 2.22. The maximum absolute atomic E-state index is 13.5. The molecule has 1 aromatic carbocycles. The van der Waals surface area contributed by atoms with Crippen LogP contribution in [0.15, 0.2) is 34.7 Å². The largest absolute Gasteiger partial charge is 0.458 e. The lowest BCUT2D eigenvalue weighted by atomic mass is 10.1. The first-order chi connectivity index (χ1) is 8.13. The van der Waals surface area contributed by atoms with E-state index in [1.54, 1.807) is 6.92 Å². The van der Waals surface area contributed by atoms with Crippen LogP contribution in [0.2, 0.25) is 0 Å². The maximum Gasteiger partial charge on any atom is 0.140 e. The molecule has 17 heavy (non-hydrogen) atoms. The average Bonchev–Trinajstić information content (AvgIpc) is 2.77. The van der Waals surface area contributed by atoms with E-state index in [4.69, 9.17) is 4.42 Å². The summed E-state index contributed by atoms with van der Waals surface area (Å²) < 4.78 is 32.2. The topological polar surface area (TPSA) is 33.4 Å². The first-order valence-electron chi connectivity index (χ1n) is 5.35. The Kier molecular flexibility index (Phi) is 3.24. The summed E-state index contributed by atoms with van der Waals surface area (Å²) in [5, 5.41) is 9.55. The summed E-state index contributed by atoms with van der Waals surface area (Å²) in [7, 11) is 0. The van der Waals surface area contributed by atoms with Crippen molar-refractivity contribution in [2.75, 3.05) is 0 Å². The molecule has 90 valence electrons. The van der Waals surface area contributed by atoms with E-state index < -0.39 is 17.7 Å². The highest BCUT2D eigenvalue weighted by Gasteiger charge is 2.16. The van der Waals surface area contributed by atoms with Crippen molar-refractivity contribution < 1.29 is 18.3 Å². The van der Waals surface area contributed by atoms with Gasteiger partial charge in [0.1, 0.15) is 29.3 Å². The molecule has 0 bridgehead atoms. The fourth-order valence-electron chi connectivity index (χ4n) is 1.60. The third-order valence-corrected chi connectivity index (χ3v) is 2.55. The van der Waals surface area contributed by atoms with E-state index >= 15 is 0 Å². The molecule has 0 aliphatic carbocycles. The van der Waals surface area contributed by atoms with E-state index in [-0.39, 0.29) is 11.3 Å². The Balaban J connectivity index is 2.44. The van der Waals surface area contributed by atoms with Gasteiger partial charge in [0.05, 0.1) is 5.56 Å². The number of benzene rings is 1. The van der Waals surface area contributed by atoms with Crippen LogP contribution in [-0.4, -0.2) is 5.11 Å². The van der Waals surface area contributed by atoms with Gasteiger partial charge in [-0.25, -0.2) is 8.78 Å². The van der Waals surface area contributed by atoms with Gasteiger partial charge in [0.25, 0.3) is 0 Å². The molecule has 1 aromatic heterocycles. The zero-order chi connectivity index (χ0) is 12.4. The molecule has 0 spiro atoms. The van der Waals surface area contributed by atoms with E-state index in [9.17, 15) is 13.9 Å². The number of aliphatic hydroxyl groups is 1. The van der Waals surface area contributed by atoms with Gasteiger partial charge in [0.15, 0.2) is 0 Å². The first kappa shape index (κ1) is 11.8. The van der Waals surface area contributed by atoms with Gasteiger partial charge < -0.3 is 9.52 Å². The number of furan rings is 1. The van der Waals surface area contributed by atoms with Gasteiger partial charge >= 0.3 is 0 Å². The number of halogens is 2. The molecule has 1 atom stereocenters. The smallest absolute Gasteiger partial charge is 0.140 e. The van der Waals surface area contributed by atoms with Crippen LogP contribution in [0.3, 0.4) is 0 Å². The normalized spacial score (nSPS) is 12.7. The van der Waals surface area contributed by atoms with Crippen LogP contribution in [0.1, 0.15) is 25.2 Å². The van der Waals surface area contributed by atoms with Crippen molar-refractivity contribution in [3.05, 3.63) is 47.7 Å². The SMILES string of the molecule is CCC(O)c1ccc(-c2c(F)cccc2F)o1. The van der Waals surface area contributed by atoms with Crippen molar-refractivity contribution in [2.45, 2.75) is 19.4 Å². The van der Waals surface area contributed by atoms with E-state index in [1.807, 2.05) is 0 Å². The van der Waals surface area contributed by atoms with Crippen LogP contribution in [0, 0.1) is 11.6 Å². The molecule has 1 N–H and O–H groups in total. The van der Waals surface area contributed by atoms with Crippen molar-refractivity contribution in [3.8, 4) is 11.3 Å². The Labute approximate surface area is 97.5 Å². The average molecular weight is 238 g/mol. The Morgan fingerprint density at radius 1 is 1.18 bits per heavy atom. The minimum absolute atomic E-state index is 0.0862. The molecule has 1 heterocycles. The van der Waals surface area contributed by atoms with E-state index in [0.29, 0.717) is 12.2 Å². The maximum atomic E-state index is 13.5. The summed E-state index contributed by atoms with van der Waals surface area (Å²) in [5.74, 6) is -0.970. The molecular weight excluding hydrogens is 226 g/mol. The summed E-state index contributed by atoms with van der Waals surface area (Å²) >= 11 is 0. The second-order valence-electron chi connectivity index (χ2n) is 3.72. The lowest BCUT2D eigenvalue weighted by Crippen LogP contribution is -1.92. The van der Waals surface area contributed by atoms with E-state index in [2.05, 4.69) is 0 Å². The minimum Gasteiger partial charge on any atom is -0.458 e. The number of hydrogen-bond acceptors (Lipinski definition) is 2. The zero-order valence-electron chi connectivity index (χ0n) is 9.28. The Bertz CT molecular complexity index is 500. The van der Waals surface area contributed by atoms with Crippen LogP contribution >= 0.6 is 0 Å². The summed E-state index contributed by atoms with van der Waals surface area (Å²) in [6, 6.07) is 6.59. The number of rotatable bonds is 3. The van der Waals surface area contributed by atoms with Crippen molar-refractivity contribution in [1.29, 1.82) is 0 Å². The van der Waals surface area contributed by atoms with Gasteiger partial charge in [0.2, 0.25) is 0 Å². The summed E-state index contributed by atoms with van der Waals surface area (Å²) in [4.78, 5) is 0. The van der Waals surface area contributed by atoms with Crippen molar-refractivity contribution in [1.82, 2.24) is 0 Å². The predicted molar refractivity (Wildman–Crippen MR) is 59.3 cm³/mol. The molecular formula is C13H12F2O2. The highest BCUT2D eigenvalue weighted by atomic mass is 19.1. The lowest BCUT2D eigenvalue weighted by molar-refractivity contribution is 0.146. The van der Waals surface area contributed by atoms with Gasteiger partial charge in [-0.1, -0.05) is 13.0 Å². The van der Waals surface area contributed by atoms with Crippen molar-refractivity contribution in [2.24, 2.45) is 0 Å². The monoisotopic (exact) mass is 238 g/mol. The quantitative estimate of drug-likeness (QED) is 0.885. The zero-order valence-corrected chi connectivity index (χ0v) is 9.28. The van der Waals surface area contributed by atoms with Gasteiger partial charge in [-0.05, 0) is 30.7 Å². The highest BCUT2D eigenvalue weighted by Crippen LogP contribution is 2.30. The van der Waals surface area contributed by atoms with Crippen LogP contribution in [0.25, 0.3) is 11.3 Å². The molecule has 2 rings (SSSR count). The van der Waals surface area contributed by atoms with Gasteiger partial charge in [-0.3, -0.25) is 0 Å². The van der Waals surface area contributed by atoms with Gasteiger partial charge in [-0.15, -0.1) is 0 Å². The fourth-order valence-corrected chi connectivity index (χ4v) is 1.60. The molecule has 0 saturated carbocycles. The van der Waals surface area contributed by atoms with E-state index in [0.717, 1.165) is 12.1 Å². The summed E-state index contributed by atoms with van der Waals surface area (Å²) in [5.41, 5.74) is -0.206. The molecule has 0 radical (unpaired) electrons. The number of aliphatic hydroxyl groups excluding tert-OH is 1. The summed E-state index contributed by atoms with van der Waals surface area (Å²) in [6.45, 7) is 1.79. The molecule has 0 aliphatic rings. The molecule has 2 nitrogen and oxygen atoms in total. The molecule has 0 amide bonds. The summed E-state index contributed by atoms with van der Waals surface area (Å²) in [6.07, 6.45) is -0.272. The van der Waals surface area contributed by atoms with Crippen LogP contribution in [-0.2, 0) is 0 Å². The molecule has 4 heteroatoms. The number of hydrogen-bond donors (Lipinski definition) is 1. The standard InChI is InChI=1S/C13H12F2O2/c1-2-10(16)11-6-7-12(17-11)13-8(14)4-3-5-9(13)15/h3-7,10,16H,2H2,1H3. The van der Waals surface area contributed by atoms with Crippen molar-refractivity contribution in [3.63, 3.8) is 0 Å². The van der Waals surface area contributed by atoms with Crippen molar-refractivity contribution >= 4 is 0 Å². The molecule has 0 saturated heterocycles. The van der Waals surface area contributed by atoms with Gasteiger partial charge in [0, 0.05) is 0 Å². The lowest BCUT2D eigenvalue weighted by Gasteiger charge is -2.04. The second-order valence-corrected chi connectivity index (χ2v) is 3.72. The third-order valence-electron chi connectivity index (χ3n) is 2.55. The Morgan fingerprint density at radius 2 is 1.82 bits per heavy atom. The van der Waals surface area contributed by atoms with Crippen LogP contribution < -0.4 is 0 Å². The predicted octanol–water partition coefficient (Wildman–Crippen LogP) is 3.67. The minimum atomic E-state index is -0.751.